The van der Waals surface area contributed by atoms with Crippen molar-refractivity contribution in [2.24, 2.45) is 0 Å². The fraction of sp³-hybridized carbons (Fsp3) is 0. The number of hydrogen-bond acceptors (Lipinski definition) is 5. The molecule has 0 aromatic heterocycles. The predicted octanol–water partition coefficient (Wildman–Crippen LogP) is 1.14. The van der Waals surface area contributed by atoms with E-state index in [4.69, 9.17) is 0 Å². The number of hydrogen-bond donors (Lipinski definition) is 0. The van der Waals surface area contributed by atoms with Crippen LogP contribution in [0.4, 0.5) is 16.6 Å². The van der Waals surface area contributed by atoms with Crippen molar-refractivity contribution in [1.82, 2.24) is 0 Å². The van der Waals surface area contributed by atoms with Crippen LogP contribution in [0, 0.1) is 0 Å². The van der Waals surface area contributed by atoms with Crippen LogP contribution in [0.5, 0.6) is 0 Å². The first-order chi connectivity index (χ1) is 6.55. The summed E-state index contributed by atoms with van der Waals surface area (Å²) in [6.07, 6.45) is -0.916. The molecule has 0 heterocycles. The van der Waals surface area contributed by atoms with Crippen molar-refractivity contribution in [3.63, 3.8) is 0 Å². The van der Waals surface area contributed by atoms with Crippen molar-refractivity contribution in [3.05, 3.63) is 22.8 Å². The van der Waals surface area contributed by atoms with Crippen molar-refractivity contribution < 1.29 is 38.1 Å². The average Bonchev–Trinajstić information content (AvgIpc) is 2.00. The molecule has 0 saturated carbocycles. The zero-order valence-corrected chi connectivity index (χ0v) is 8.16. The van der Waals surface area contributed by atoms with Crippen molar-refractivity contribution in [3.8, 4) is 0 Å². The van der Waals surface area contributed by atoms with Gasteiger partial charge in [0.05, 0.1) is 0 Å². The maximum atomic E-state index is 12.0. The molecule has 88 valence electrons. The van der Waals surface area contributed by atoms with Crippen molar-refractivity contribution in [1.29, 1.82) is 0 Å². The number of rotatable bonds is 4. The first-order valence-corrected chi connectivity index (χ1v) is 5.58. The SMILES string of the molecule is O=S(=O)(F)C(F)=COC=C(F)S(=O)(=O)F. The Kier molecular flexibility index (Phi) is 4.27. The van der Waals surface area contributed by atoms with Crippen LogP contribution in [0.15, 0.2) is 22.8 Å². The summed E-state index contributed by atoms with van der Waals surface area (Å²) >= 11 is 0. The van der Waals surface area contributed by atoms with Crippen LogP contribution in [-0.2, 0) is 25.2 Å². The quantitative estimate of drug-likeness (QED) is 0.435. The Morgan fingerprint density at radius 2 is 1.13 bits per heavy atom. The fourth-order valence-electron chi connectivity index (χ4n) is 0.256. The summed E-state index contributed by atoms with van der Waals surface area (Å²) in [6.45, 7) is 0. The standard InChI is InChI=1S/C4H2F4O5S2/c5-3(14(7,9)10)1-13-2-4(6)15(8,11)12/h1-2H. The van der Waals surface area contributed by atoms with Gasteiger partial charge in [0.25, 0.3) is 10.3 Å². The largest absolute Gasteiger partial charge is 0.465 e. The highest BCUT2D eigenvalue weighted by Crippen LogP contribution is 2.13. The molecule has 0 aliphatic rings. The predicted molar refractivity (Wildman–Crippen MR) is 39.5 cm³/mol. The average molecular weight is 270 g/mol. The maximum absolute atomic E-state index is 12.0. The van der Waals surface area contributed by atoms with E-state index in [2.05, 4.69) is 4.74 Å². The molecule has 0 unspecified atom stereocenters. The van der Waals surface area contributed by atoms with Crippen LogP contribution in [0.3, 0.4) is 0 Å². The first kappa shape index (κ1) is 13.9. The van der Waals surface area contributed by atoms with E-state index >= 15 is 0 Å². The molecule has 0 aromatic rings. The Morgan fingerprint density at radius 1 is 0.867 bits per heavy atom. The Labute approximate surface area is 82.1 Å². The van der Waals surface area contributed by atoms with Gasteiger partial charge in [-0.05, 0) is 0 Å². The highest BCUT2D eigenvalue weighted by molar-refractivity contribution is 7.90. The smallest absolute Gasteiger partial charge is 0.362 e. The lowest BCUT2D eigenvalue weighted by Gasteiger charge is -1.91. The van der Waals surface area contributed by atoms with E-state index in [0.717, 1.165) is 0 Å². The van der Waals surface area contributed by atoms with Crippen LogP contribution in [0.25, 0.3) is 0 Å². The van der Waals surface area contributed by atoms with Gasteiger partial charge in [0.2, 0.25) is 0 Å². The zero-order chi connectivity index (χ0) is 12.3. The van der Waals surface area contributed by atoms with Gasteiger partial charge in [0.1, 0.15) is 12.5 Å². The molecule has 0 amide bonds. The van der Waals surface area contributed by atoms with Gasteiger partial charge in [-0.1, -0.05) is 7.77 Å². The van der Waals surface area contributed by atoms with E-state index in [0.29, 0.717) is 0 Å². The van der Waals surface area contributed by atoms with Gasteiger partial charge >= 0.3 is 20.4 Å². The molecule has 0 radical (unpaired) electrons. The molecule has 0 atom stereocenters. The van der Waals surface area contributed by atoms with E-state index in [1.165, 1.54) is 0 Å². The third-order valence-corrected chi connectivity index (χ3v) is 1.91. The second kappa shape index (κ2) is 4.61. The molecule has 0 aliphatic carbocycles. The normalized spacial score (nSPS) is 15.2. The van der Waals surface area contributed by atoms with Gasteiger partial charge in [-0.25, -0.2) is 0 Å². The second-order valence-electron chi connectivity index (χ2n) is 1.86. The molecule has 0 bridgehead atoms. The molecular weight excluding hydrogens is 268 g/mol. The molecule has 0 saturated heterocycles. The Balaban J connectivity index is 4.72. The lowest BCUT2D eigenvalue weighted by atomic mass is 11.0. The topological polar surface area (TPSA) is 77.5 Å². The van der Waals surface area contributed by atoms with Gasteiger partial charge in [-0.2, -0.15) is 25.6 Å². The molecular formula is C4H2F4O5S2. The van der Waals surface area contributed by atoms with E-state index in [9.17, 15) is 33.4 Å². The molecule has 0 rings (SSSR count). The van der Waals surface area contributed by atoms with E-state index in [1.807, 2.05) is 0 Å². The minimum Gasteiger partial charge on any atom is -0.465 e. The van der Waals surface area contributed by atoms with Crippen LogP contribution in [0.2, 0.25) is 0 Å². The minimum atomic E-state index is -5.66. The highest BCUT2D eigenvalue weighted by atomic mass is 32.3. The summed E-state index contributed by atoms with van der Waals surface area (Å²) in [6, 6.07) is 0. The van der Waals surface area contributed by atoms with Gasteiger partial charge < -0.3 is 4.74 Å². The lowest BCUT2D eigenvalue weighted by Crippen LogP contribution is -1.92. The first-order valence-electron chi connectivity index (χ1n) is 2.81. The van der Waals surface area contributed by atoms with Gasteiger partial charge in [-0.3, -0.25) is 0 Å². The zero-order valence-electron chi connectivity index (χ0n) is 6.52. The second-order valence-corrected chi connectivity index (χ2v) is 4.39. The Bertz CT molecular complexity index is 441. The van der Waals surface area contributed by atoms with Crippen molar-refractivity contribution in [2.45, 2.75) is 0 Å². The summed E-state index contributed by atoms with van der Waals surface area (Å²) in [5, 5.41) is -4.86. The molecule has 0 aromatic carbocycles. The molecule has 11 heteroatoms. The van der Waals surface area contributed by atoms with Crippen LogP contribution < -0.4 is 0 Å². The van der Waals surface area contributed by atoms with Crippen LogP contribution >= 0.6 is 0 Å². The monoisotopic (exact) mass is 270 g/mol. The fourth-order valence-corrected chi connectivity index (χ4v) is 0.597. The van der Waals surface area contributed by atoms with Crippen molar-refractivity contribution in [2.75, 3.05) is 0 Å². The number of ether oxygens (including phenoxy) is 1. The number of halogens is 4. The molecule has 15 heavy (non-hydrogen) atoms. The Hall–Kier alpha value is -1.10. The molecule has 0 aliphatic heterocycles. The van der Waals surface area contributed by atoms with Gasteiger partial charge in [0.15, 0.2) is 0 Å². The molecule has 5 nitrogen and oxygen atoms in total. The Morgan fingerprint density at radius 3 is 1.33 bits per heavy atom. The van der Waals surface area contributed by atoms with Crippen molar-refractivity contribution >= 4 is 20.4 Å². The summed E-state index contributed by atoms with van der Waals surface area (Å²) < 4.78 is 89.8. The third kappa shape index (κ3) is 5.37. The highest BCUT2D eigenvalue weighted by Gasteiger charge is 2.18. The van der Waals surface area contributed by atoms with E-state index in [1.54, 1.807) is 0 Å². The van der Waals surface area contributed by atoms with Gasteiger partial charge in [-0.15, -0.1) is 0 Å². The molecule has 0 fully saturated rings. The van der Waals surface area contributed by atoms with Gasteiger partial charge in [0, 0.05) is 0 Å². The maximum Gasteiger partial charge on any atom is 0.362 e. The van der Waals surface area contributed by atoms with Crippen LogP contribution in [-0.4, -0.2) is 16.8 Å². The van der Waals surface area contributed by atoms with E-state index in [-0.39, 0.29) is 0 Å². The summed E-state index contributed by atoms with van der Waals surface area (Å²) in [4.78, 5) is 0. The minimum absolute atomic E-state index is 0.458. The van der Waals surface area contributed by atoms with Crippen LogP contribution in [0.1, 0.15) is 0 Å². The molecule has 0 spiro atoms. The summed E-state index contributed by atoms with van der Waals surface area (Å²) in [5.41, 5.74) is 0. The van der Waals surface area contributed by atoms with E-state index < -0.39 is 43.3 Å². The summed E-state index contributed by atoms with van der Waals surface area (Å²) in [7, 11) is -11.3. The third-order valence-electron chi connectivity index (χ3n) is 0.787. The lowest BCUT2D eigenvalue weighted by molar-refractivity contribution is 0.372. The molecule has 0 N–H and O–H groups in total. The summed E-state index contributed by atoms with van der Waals surface area (Å²) in [5.74, 6) is 0.